The van der Waals surface area contributed by atoms with Crippen molar-refractivity contribution in [1.82, 2.24) is 15.5 Å². The Morgan fingerprint density at radius 2 is 1.71 bits per heavy atom. The van der Waals surface area contributed by atoms with Crippen LogP contribution in [0.1, 0.15) is 91.4 Å². The first-order chi connectivity index (χ1) is 16.5. The summed E-state index contributed by atoms with van der Waals surface area (Å²) >= 11 is 0. The van der Waals surface area contributed by atoms with Gasteiger partial charge in [-0.05, 0) is 43.4 Å². The molecule has 0 aromatic heterocycles. The van der Waals surface area contributed by atoms with E-state index in [0.29, 0.717) is 25.3 Å². The van der Waals surface area contributed by atoms with E-state index in [4.69, 9.17) is 12.2 Å². The Kier molecular flexibility index (Phi) is 8.50. The zero-order valence-corrected chi connectivity index (χ0v) is 21.5. The molecular weight excluding hydrogens is 444 g/mol. The lowest BCUT2D eigenvalue weighted by molar-refractivity contribution is -0.144. The number of hydrogen-bond donors (Lipinski definition) is 3. The van der Waals surface area contributed by atoms with Crippen LogP contribution in [0.5, 0.6) is 0 Å². The second-order valence-corrected chi connectivity index (χ2v) is 11.8. The summed E-state index contributed by atoms with van der Waals surface area (Å²) in [5, 5.41) is 5.87. The molecule has 1 saturated heterocycles. The molecule has 0 spiro atoms. The summed E-state index contributed by atoms with van der Waals surface area (Å²) in [5.74, 6) is 0.805. The number of carbonyl (C=O) groups is 4. The molecule has 3 rings (SSSR count). The van der Waals surface area contributed by atoms with Crippen molar-refractivity contribution in [2.24, 2.45) is 23.0 Å². The van der Waals surface area contributed by atoms with Gasteiger partial charge in [-0.15, -0.1) is 6.42 Å². The molecule has 8 heteroatoms. The molecular formula is C27H42N4O4. The smallest absolute Gasteiger partial charge is 0.316 e. The van der Waals surface area contributed by atoms with Crippen molar-refractivity contribution in [3.05, 3.63) is 0 Å². The summed E-state index contributed by atoms with van der Waals surface area (Å²) in [5.41, 5.74) is 4.13. The number of urea groups is 1. The number of nitrogens with one attached hydrogen (secondary N) is 2. The van der Waals surface area contributed by atoms with E-state index in [1.165, 1.54) is 0 Å². The van der Waals surface area contributed by atoms with Crippen molar-refractivity contribution in [3.8, 4) is 12.3 Å². The Labute approximate surface area is 209 Å². The Hall–Kier alpha value is -2.56. The lowest BCUT2D eigenvalue weighted by atomic mass is 9.75. The molecule has 35 heavy (non-hydrogen) atoms. The number of Topliss-reactive ketones (excluding diaryl/α,β-unsaturated/α-hetero) is 1. The summed E-state index contributed by atoms with van der Waals surface area (Å²) in [6.45, 7) is 6.19. The number of amides is 4. The fourth-order valence-electron chi connectivity index (χ4n) is 5.85. The monoisotopic (exact) mass is 486 g/mol. The molecule has 1 heterocycles. The van der Waals surface area contributed by atoms with Gasteiger partial charge in [-0.2, -0.15) is 0 Å². The predicted molar refractivity (Wildman–Crippen MR) is 134 cm³/mol. The first-order valence-electron chi connectivity index (χ1n) is 13.2. The van der Waals surface area contributed by atoms with Gasteiger partial charge in [-0.1, -0.05) is 65.2 Å². The minimum atomic E-state index is -0.939. The Bertz CT molecular complexity index is 861. The second-order valence-electron chi connectivity index (χ2n) is 11.8. The van der Waals surface area contributed by atoms with Crippen LogP contribution in [0.2, 0.25) is 0 Å². The topological polar surface area (TPSA) is 122 Å². The molecule has 4 amide bonds. The van der Waals surface area contributed by atoms with E-state index in [-0.39, 0.29) is 11.9 Å². The summed E-state index contributed by atoms with van der Waals surface area (Å²) < 4.78 is 0. The highest BCUT2D eigenvalue weighted by molar-refractivity contribution is 6.36. The highest BCUT2D eigenvalue weighted by Gasteiger charge is 2.45. The van der Waals surface area contributed by atoms with Crippen LogP contribution >= 0.6 is 0 Å². The lowest BCUT2D eigenvalue weighted by Crippen LogP contribution is -2.61. The van der Waals surface area contributed by atoms with E-state index in [1.807, 2.05) is 20.8 Å². The van der Waals surface area contributed by atoms with Crippen LogP contribution in [0.3, 0.4) is 0 Å². The fraction of sp³-hybridized carbons (Fsp3) is 0.778. The van der Waals surface area contributed by atoms with Gasteiger partial charge in [0.1, 0.15) is 11.6 Å². The van der Waals surface area contributed by atoms with Crippen molar-refractivity contribution < 1.29 is 19.2 Å². The van der Waals surface area contributed by atoms with Crippen LogP contribution in [-0.2, 0) is 14.4 Å². The van der Waals surface area contributed by atoms with E-state index in [1.54, 1.807) is 4.90 Å². The van der Waals surface area contributed by atoms with Crippen molar-refractivity contribution in [2.75, 3.05) is 6.54 Å². The normalized spacial score (nSPS) is 23.9. The highest BCUT2D eigenvalue weighted by Crippen LogP contribution is 2.38. The molecule has 0 aromatic rings. The summed E-state index contributed by atoms with van der Waals surface area (Å²) in [6.07, 6.45) is 15.4. The minimum absolute atomic E-state index is 0.232. The van der Waals surface area contributed by atoms with Gasteiger partial charge in [0.05, 0.1) is 0 Å². The van der Waals surface area contributed by atoms with Gasteiger partial charge in [-0.3, -0.25) is 14.4 Å². The van der Waals surface area contributed by atoms with E-state index in [9.17, 15) is 19.2 Å². The van der Waals surface area contributed by atoms with Crippen LogP contribution in [0.25, 0.3) is 0 Å². The average molecular weight is 487 g/mol. The maximum absolute atomic E-state index is 13.9. The average Bonchev–Trinajstić information content (AvgIpc) is 3.25. The molecule has 8 nitrogen and oxygen atoms in total. The minimum Gasteiger partial charge on any atom is -0.363 e. The molecule has 0 aromatic carbocycles. The third-order valence-corrected chi connectivity index (χ3v) is 8.16. The molecule has 2 aliphatic carbocycles. The molecule has 1 aliphatic heterocycles. The van der Waals surface area contributed by atoms with Crippen molar-refractivity contribution >= 4 is 23.6 Å². The Balaban J connectivity index is 1.77. The third kappa shape index (κ3) is 6.36. The van der Waals surface area contributed by atoms with Gasteiger partial charge in [0.2, 0.25) is 11.7 Å². The van der Waals surface area contributed by atoms with Gasteiger partial charge in [0.25, 0.3) is 5.91 Å². The van der Waals surface area contributed by atoms with Gasteiger partial charge >= 0.3 is 6.03 Å². The summed E-state index contributed by atoms with van der Waals surface area (Å²) in [6, 6.07) is -1.64. The molecule has 3 aliphatic rings. The quantitative estimate of drug-likeness (QED) is 0.361. The molecule has 3 fully saturated rings. The SMILES string of the molecule is C#CC1(NC(=O)NC(C(=O)N2CCCC2C(CC2CCC2)C(=O)C(N)=O)C(C)(C)C)CCCCC1. The highest BCUT2D eigenvalue weighted by atomic mass is 16.2. The maximum atomic E-state index is 13.9. The van der Waals surface area contributed by atoms with E-state index >= 15 is 0 Å². The number of carbonyl (C=O) groups excluding carboxylic acids is 4. The second kappa shape index (κ2) is 11.0. The molecule has 2 saturated carbocycles. The number of primary amides is 1. The zero-order chi connectivity index (χ0) is 25.8. The number of rotatable bonds is 8. The number of hydrogen-bond acceptors (Lipinski definition) is 4. The van der Waals surface area contributed by atoms with Gasteiger partial charge in [-0.25, -0.2) is 4.79 Å². The molecule has 3 unspecified atom stereocenters. The van der Waals surface area contributed by atoms with Crippen molar-refractivity contribution in [1.29, 1.82) is 0 Å². The van der Waals surface area contributed by atoms with Gasteiger partial charge < -0.3 is 21.3 Å². The molecule has 4 N–H and O–H groups in total. The fourth-order valence-corrected chi connectivity index (χ4v) is 5.85. The van der Waals surface area contributed by atoms with Crippen molar-refractivity contribution in [3.63, 3.8) is 0 Å². The Morgan fingerprint density at radius 1 is 1.06 bits per heavy atom. The maximum Gasteiger partial charge on any atom is 0.316 e. The van der Waals surface area contributed by atoms with Gasteiger partial charge in [0, 0.05) is 18.5 Å². The van der Waals surface area contributed by atoms with Gasteiger partial charge in [0.15, 0.2) is 0 Å². The Morgan fingerprint density at radius 3 is 2.23 bits per heavy atom. The van der Waals surface area contributed by atoms with E-state index in [0.717, 1.165) is 57.8 Å². The number of nitrogens with zero attached hydrogens (tertiary/aromatic N) is 1. The van der Waals surface area contributed by atoms with Crippen molar-refractivity contribution in [2.45, 2.75) is 109 Å². The van der Waals surface area contributed by atoms with E-state index < -0.39 is 40.6 Å². The molecule has 0 radical (unpaired) electrons. The van der Waals surface area contributed by atoms with Crippen LogP contribution in [0, 0.1) is 29.6 Å². The van der Waals surface area contributed by atoms with Crippen LogP contribution < -0.4 is 16.4 Å². The molecule has 194 valence electrons. The number of likely N-dealkylation sites (tertiary alicyclic amines) is 1. The number of terminal acetylenes is 1. The van der Waals surface area contributed by atoms with Crippen LogP contribution in [0.4, 0.5) is 4.79 Å². The van der Waals surface area contributed by atoms with E-state index in [2.05, 4.69) is 16.6 Å². The van der Waals surface area contributed by atoms with Crippen LogP contribution in [0.15, 0.2) is 0 Å². The third-order valence-electron chi connectivity index (χ3n) is 8.16. The zero-order valence-electron chi connectivity index (χ0n) is 21.5. The molecule has 3 atom stereocenters. The number of ketones is 1. The van der Waals surface area contributed by atoms with Crippen LogP contribution in [-0.4, -0.2) is 52.7 Å². The largest absolute Gasteiger partial charge is 0.363 e. The molecule has 0 bridgehead atoms. The summed E-state index contributed by atoms with van der Waals surface area (Å²) in [7, 11) is 0. The predicted octanol–water partition coefficient (Wildman–Crippen LogP) is 2.89. The lowest BCUT2D eigenvalue weighted by Gasteiger charge is -2.40. The first kappa shape index (κ1) is 27.0. The number of nitrogens with two attached hydrogens (primary N) is 1. The summed E-state index contributed by atoms with van der Waals surface area (Å²) in [4.78, 5) is 53.3. The first-order valence-corrected chi connectivity index (χ1v) is 13.2. The standard InChI is InChI=1S/C27H42N4O4/c1-5-27(14-7-6-8-15-27)30-25(35)29-22(26(2,3)4)24(34)31-16-10-13-20(31)19(21(32)23(28)33)17-18-11-9-12-18/h1,18-20,22H,6-17H2,2-4H3,(H2,28,33)(H2,29,30,35).